The van der Waals surface area contributed by atoms with Gasteiger partial charge in [-0.15, -0.1) is 6.58 Å². The van der Waals surface area contributed by atoms with Crippen molar-refractivity contribution < 1.29 is 0 Å². The van der Waals surface area contributed by atoms with E-state index in [4.69, 9.17) is 23.1 Å². The summed E-state index contributed by atoms with van der Waals surface area (Å²) in [6, 6.07) is 5.26. The van der Waals surface area contributed by atoms with Crippen molar-refractivity contribution in [2.75, 3.05) is 5.73 Å². The van der Waals surface area contributed by atoms with E-state index < -0.39 is 0 Å². The number of benzene rings is 1. The normalized spacial score (nSPS) is 12.5. The van der Waals surface area contributed by atoms with Crippen LogP contribution in [0.5, 0.6) is 0 Å². The van der Waals surface area contributed by atoms with Crippen LogP contribution in [0.25, 0.3) is 0 Å². The van der Waals surface area contributed by atoms with Crippen LogP contribution < -0.4 is 11.5 Å². The zero-order valence-corrected chi connectivity index (χ0v) is 8.09. The van der Waals surface area contributed by atoms with E-state index in [0.717, 1.165) is 5.56 Å². The predicted molar refractivity (Wildman–Crippen MR) is 57.6 cm³/mol. The van der Waals surface area contributed by atoms with Crippen molar-refractivity contribution in [1.82, 2.24) is 0 Å². The van der Waals surface area contributed by atoms with Crippen molar-refractivity contribution in [2.45, 2.75) is 12.5 Å². The number of halogens is 1. The van der Waals surface area contributed by atoms with Crippen LogP contribution in [0.4, 0.5) is 5.69 Å². The van der Waals surface area contributed by atoms with Gasteiger partial charge in [-0.2, -0.15) is 0 Å². The maximum absolute atomic E-state index is 5.97. The van der Waals surface area contributed by atoms with Gasteiger partial charge in [-0.05, 0) is 24.1 Å². The highest BCUT2D eigenvalue weighted by molar-refractivity contribution is 6.31. The minimum atomic E-state index is -0.0920. The minimum Gasteiger partial charge on any atom is -0.399 e. The lowest BCUT2D eigenvalue weighted by Crippen LogP contribution is -2.09. The first-order valence-corrected chi connectivity index (χ1v) is 4.44. The lowest BCUT2D eigenvalue weighted by Gasteiger charge is -2.11. The molecule has 0 saturated carbocycles. The van der Waals surface area contributed by atoms with Crippen molar-refractivity contribution in [3.63, 3.8) is 0 Å². The SMILES string of the molecule is C=CC[C@H](N)c1ccc(N)cc1Cl. The molecule has 0 spiro atoms. The maximum atomic E-state index is 5.97. The van der Waals surface area contributed by atoms with Gasteiger partial charge in [0.05, 0.1) is 0 Å². The Morgan fingerprint density at radius 3 is 2.77 bits per heavy atom. The molecule has 0 aliphatic carbocycles. The third-order valence-electron chi connectivity index (χ3n) is 1.84. The van der Waals surface area contributed by atoms with E-state index in [-0.39, 0.29) is 6.04 Å². The average molecular weight is 197 g/mol. The molecular weight excluding hydrogens is 184 g/mol. The maximum Gasteiger partial charge on any atom is 0.0474 e. The van der Waals surface area contributed by atoms with Crippen molar-refractivity contribution in [2.24, 2.45) is 5.73 Å². The molecule has 1 atom stereocenters. The zero-order chi connectivity index (χ0) is 9.84. The van der Waals surface area contributed by atoms with E-state index in [9.17, 15) is 0 Å². The summed E-state index contributed by atoms with van der Waals surface area (Å²) in [4.78, 5) is 0. The largest absolute Gasteiger partial charge is 0.399 e. The number of nitrogens with two attached hydrogens (primary N) is 2. The van der Waals surface area contributed by atoms with Crippen LogP contribution in [0.3, 0.4) is 0 Å². The first-order chi connectivity index (χ1) is 6.15. The van der Waals surface area contributed by atoms with Gasteiger partial charge >= 0.3 is 0 Å². The van der Waals surface area contributed by atoms with Crippen LogP contribution in [0.15, 0.2) is 30.9 Å². The molecule has 0 amide bonds. The summed E-state index contributed by atoms with van der Waals surface area (Å²) in [6.07, 6.45) is 2.49. The van der Waals surface area contributed by atoms with Gasteiger partial charge in [-0.3, -0.25) is 0 Å². The molecule has 0 fully saturated rings. The second-order valence-corrected chi connectivity index (χ2v) is 3.32. The van der Waals surface area contributed by atoms with Crippen LogP contribution in [0, 0.1) is 0 Å². The number of rotatable bonds is 3. The fourth-order valence-electron chi connectivity index (χ4n) is 1.15. The summed E-state index contributed by atoms with van der Waals surface area (Å²) in [5.74, 6) is 0. The summed E-state index contributed by atoms with van der Waals surface area (Å²) in [7, 11) is 0. The molecule has 13 heavy (non-hydrogen) atoms. The van der Waals surface area contributed by atoms with Crippen LogP contribution >= 0.6 is 11.6 Å². The Hall–Kier alpha value is -0.990. The summed E-state index contributed by atoms with van der Waals surface area (Å²) < 4.78 is 0. The molecule has 2 nitrogen and oxygen atoms in total. The van der Waals surface area contributed by atoms with Crippen LogP contribution in [-0.2, 0) is 0 Å². The zero-order valence-electron chi connectivity index (χ0n) is 7.33. The van der Waals surface area contributed by atoms with Gasteiger partial charge in [-0.1, -0.05) is 23.7 Å². The molecule has 0 bridgehead atoms. The summed E-state index contributed by atoms with van der Waals surface area (Å²) in [5, 5.41) is 0.620. The molecule has 1 aromatic rings. The van der Waals surface area contributed by atoms with Crippen LogP contribution in [-0.4, -0.2) is 0 Å². The Balaban J connectivity index is 2.94. The van der Waals surface area contributed by atoms with E-state index in [1.165, 1.54) is 0 Å². The Morgan fingerprint density at radius 1 is 1.54 bits per heavy atom. The van der Waals surface area contributed by atoms with Crippen molar-refractivity contribution in [3.05, 3.63) is 41.4 Å². The fraction of sp³-hybridized carbons (Fsp3) is 0.200. The third-order valence-corrected chi connectivity index (χ3v) is 2.17. The third kappa shape index (κ3) is 2.47. The molecule has 0 aliphatic heterocycles. The number of hydrogen-bond acceptors (Lipinski definition) is 2. The standard InChI is InChI=1S/C10H13ClN2/c1-2-3-10(13)8-5-4-7(12)6-9(8)11/h2,4-6,10H,1,3,12-13H2/t10-/m0/s1. The predicted octanol–water partition coefficient (Wildman–Crippen LogP) is 2.50. The number of nitrogen functional groups attached to an aromatic ring is 1. The van der Waals surface area contributed by atoms with Gasteiger partial charge in [0.25, 0.3) is 0 Å². The lowest BCUT2D eigenvalue weighted by molar-refractivity contribution is 0.742. The Morgan fingerprint density at radius 2 is 2.23 bits per heavy atom. The first kappa shape index (κ1) is 10.1. The molecule has 0 unspecified atom stereocenters. The second-order valence-electron chi connectivity index (χ2n) is 2.91. The van der Waals surface area contributed by atoms with Gasteiger partial charge in [0.15, 0.2) is 0 Å². The number of hydrogen-bond donors (Lipinski definition) is 2. The van der Waals surface area contributed by atoms with Gasteiger partial charge in [0.2, 0.25) is 0 Å². The van der Waals surface area contributed by atoms with Crippen LogP contribution in [0.2, 0.25) is 5.02 Å². The molecule has 4 N–H and O–H groups in total. The lowest BCUT2D eigenvalue weighted by atomic mass is 10.0. The molecule has 0 radical (unpaired) electrons. The molecule has 0 heterocycles. The quantitative estimate of drug-likeness (QED) is 0.577. The molecule has 0 aliphatic rings. The van der Waals surface area contributed by atoms with Crippen molar-refractivity contribution in [1.29, 1.82) is 0 Å². The summed E-state index contributed by atoms with van der Waals surface area (Å²) >= 11 is 5.97. The molecule has 3 heteroatoms. The minimum absolute atomic E-state index is 0.0920. The smallest absolute Gasteiger partial charge is 0.0474 e. The molecule has 1 aromatic carbocycles. The van der Waals surface area contributed by atoms with Gasteiger partial charge < -0.3 is 11.5 Å². The van der Waals surface area contributed by atoms with E-state index in [2.05, 4.69) is 6.58 Å². The monoisotopic (exact) mass is 196 g/mol. The Bertz CT molecular complexity index is 310. The first-order valence-electron chi connectivity index (χ1n) is 4.06. The van der Waals surface area contributed by atoms with Gasteiger partial charge in [-0.25, -0.2) is 0 Å². The van der Waals surface area contributed by atoms with Crippen molar-refractivity contribution in [3.8, 4) is 0 Å². The van der Waals surface area contributed by atoms with E-state index in [1.807, 2.05) is 6.07 Å². The van der Waals surface area contributed by atoms with E-state index in [1.54, 1.807) is 18.2 Å². The Labute approximate surface area is 83.2 Å². The fourth-order valence-corrected chi connectivity index (χ4v) is 1.48. The van der Waals surface area contributed by atoms with Gasteiger partial charge in [0, 0.05) is 16.8 Å². The number of anilines is 1. The van der Waals surface area contributed by atoms with E-state index in [0.29, 0.717) is 17.1 Å². The summed E-state index contributed by atoms with van der Waals surface area (Å²) in [6.45, 7) is 3.63. The van der Waals surface area contributed by atoms with E-state index >= 15 is 0 Å². The highest BCUT2D eigenvalue weighted by Crippen LogP contribution is 2.25. The van der Waals surface area contributed by atoms with Crippen molar-refractivity contribution >= 4 is 17.3 Å². The molecule has 70 valence electrons. The highest BCUT2D eigenvalue weighted by Gasteiger charge is 2.07. The summed E-state index contributed by atoms with van der Waals surface area (Å²) in [5.41, 5.74) is 13.0. The molecule has 0 saturated heterocycles. The van der Waals surface area contributed by atoms with Crippen LogP contribution in [0.1, 0.15) is 18.0 Å². The molecule has 0 aromatic heterocycles. The molecular formula is C10H13ClN2. The Kier molecular flexibility index (Phi) is 3.34. The molecule has 1 rings (SSSR count). The second kappa shape index (κ2) is 4.30. The van der Waals surface area contributed by atoms with Gasteiger partial charge in [0.1, 0.15) is 0 Å². The average Bonchev–Trinajstić information content (AvgIpc) is 2.04. The topological polar surface area (TPSA) is 52.0 Å². The highest BCUT2D eigenvalue weighted by atomic mass is 35.5.